The average molecular weight is 227 g/mol. The maximum Gasteiger partial charge on any atom is 0.307 e. The standard InChI is InChI=1S/C14H13NO2/c1-10-12(9-14(16)17)7-8-13(15-10)11-5-3-2-4-6-11/h2-8H,9H2,1H3,(H,16,17). The summed E-state index contributed by atoms with van der Waals surface area (Å²) >= 11 is 0. The van der Waals surface area contributed by atoms with Crippen LogP contribution in [0.1, 0.15) is 11.3 Å². The summed E-state index contributed by atoms with van der Waals surface area (Å²) < 4.78 is 0. The predicted octanol–water partition coefficient (Wildman–Crippen LogP) is 2.68. The van der Waals surface area contributed by atoms with Crippen molar-refractivity contribution in [1.82, 2.24) is 4.98 Å². The number of aryl methyl sites for hydroxylation is 1. The van der Waals surface area contributed by atoms with Crippen LogP contribution in [0, 0.1) is 6.92 Å². The molecule has 1 heterocycles. The molecule has 0 atom stereocenters. The Morgan fingerprint density at radius 1 is 1.18 bits per heavy atom. The monoisotopic (exact) mass is 227 g/mol. The van der Waals surface area contributed by atoms with Crippen molar-refractivity contribution in [2.75, 3.05) is 0 Å². The summed E-state index contributed by atoms with van der Waals surface area (Å²) in [6.07, 6.45) is 0.0217. The molecular formula is C14H13NO2. The zero-order valence-electron chi connectivity index (χ0n) is 9.55. The number of aromatic nitrogens is 1. The summed E-state index contributed by atoms with van der Waals surface area (Å²) in [5.41, 5.74) is 3.45. The van der Waals surface area contributed by atoms with Gasteiger partial charge in [0.1, 0.15) is 0 Å². The molecule has 0 aliphatic rings. The van der Waals surface area contributed by atoms with Crippen molar-refractivity contribution in [2.45, 2.75) is 13.3 Å². The fourth-order valence-corrected chi connectivity index (χ4v) is 1.71. The molecular weight excluding hydrogens is 214 g/mol. The van der Waals surface area contributed by atoms with E-state index in [2.05, 4.69) is 4.98 Å². The van der Waals surface area contributed by atoms with Gasteiger partial charge < -0.3 is 5.11 Å². The topological polar surface area (TPSA) is 50.2 Å². The minimum Gasteiger partial charge on any atom is -0.481 e. The number of carbonyl (C=O) groups is 1. The molecule has 2 aromatic rings. The van der Waals surface area contributed by atoms with Crippen molar-refractivity contribution >= 4 is 5.97 Å². The Morgan fingerprint density at radius 3 is 2.47 bits per heavy atom. The van der Waals surface area contributed by atoms with Gasteiger partial charge in [-0.15, -0.1) is 0 Å². The highest BCUT2D eigenvalue weighted by Gasteiger charge is 2.06. The second-order valence-corrected chi connectivity index (χ2v) is 3.88. The van der Waals surface area contributed by atoms with Crippen LogP contribution < -0.4 is 0 Å². The van der Waals surface area contributed by atoms with Gasteiger partial charge in [-0.25, -0.2) is 0 Å². The Kier molecular flexibility index (Phi) is 3.19. The molecule has 0 unspecified atom stereocenters. The maximum atomic E-state index is 10.6. The van der Waals surface area contributed by atoms with E-state index in [0.29, 0.717) is 0 Å². The van der Waals surface area contributed by atoms with E-state index in [9.17, 15) is 4.79 Å². The lowest BCUT2D eigenvalue weighted by atomic mass is 10.1. The summed E-state index contributed by atoms with van der Waals surface area (Å²) in [4.78, 5) is 15.1. The molecule has 1 N–H and O–H groups in total. The van der Waals surface area contributed by atoms with Crippen molar-refractivity contribution in [2.24, 2.45) is 0 Å². The highest BCUT2D eigenvalue weighted by molar-refractivity contribution is 5.71. The number of hydrogen-bond acceptors (Lipinski definition) is 2. The van der Waals surface area contributed by atoms with Crippen LogP contribution in [0.3, 0.4) is 0 Å². The third kappa shape index (κ3) is 2.69. The fraction of sp³-hybridized carbons (Fsp3) is 0.143. The van der Waals surface area contributed by atoms with E-state index in [1.165, 1.54) is 0 Å². The molecule has 1 aromatic carbocycles. The van der Waals surface area contributed by atoms with Gasteiger partial charge in [0.2, 0.25) is 0 Å². The number of carboxylic acid groups (broad SMARTS) is 1. The molecule has 0 spiro atoms. The molecule has 0 saturated heterocycles. The molecule has 1 aromatic heterocycles. The minimum atomic E-state index is -0.831. The molecule has 2 rings (SSSR count). The largest absolute Gasteiger partial charge is 0.481 e. The molecule has 3 nitrogen and oxygen atoms in total. The third-order valence-corrected chi connectivity index (χ3v) is 2.61. The smallest absolute Gasteiger partial charge is 0.307 e. The molecule has 3 heteroatoms. The van der Waals surface area contributed by atoms with E-state index in [4.69, 9.17) is 5.11 Å². The number of carboxylic acids is 1. The molecule has 0 saturated carbocycles. The second kappa shape index (κ2) is 4.78. The van der Waals surface area contributed by atoms with Crippen molar-refractivity contribution in [1.29, 1.82) is 0 Å². The number of benzene rings is 1. The van der Waals surface area contributed by atoms with Gasteiger partial charge in [0.25, 0.3) is 0 Å². The van der Waals surface area contributed by atoms with E-state index in [0.717, 1.165) is 22.5 Å². The van der Waals surface area contributed by atoms with Crippen molar-refractivity contribution in [3.63, 3.8) is 0 Å². The number of pyridine rings is 1. The normalized spacial score (nSPS) is 10.2. The average Bonchev–Trinajstić information content (AvgIpc) is 2.32. The molecule has 0 radical (unpaired) electrons. The van der Waals surface area contributed by atoms with Gasteiger partial charge in [0, 0.05) is 11.3 Å². The zero-order valence-corrected chi connectivity index (χ0v) is 9.55. The van der Waals surface area contributed by atoms with Crippen molar-refractivity contribution < 1.29 is 9.90 Å². The Bertz CT molecular complexity index is 535. The van der Waals surface area contributed by atoms with Gasteiger partial charge in [-0.3, -0.25) is 9.78 Å². The summed E-state index contributed by atoms with van der Waals surface area (Å²) in [6, 6.07) is 13.5. The van der Waals surface area contributed by atoms with Gasteiger partial charge in [-0.2, -0.15) is 0 Å². The van der Waals surface area contributed by atoms with Crippen LogP contribution in [0.2, 0.25) is 0 Å². The van der Waals surface area contributed by atoms with Crippen molar-refractivity contribution in [3.05, 3.63) is 53.7 Å². The van der Waals surface area contributed by atoms with E-state index in [1.807, 2.05) is 49.4 Å². The van der Waals surface area contributed by atoms with Gasteiger partial charge in [0.15, 0.2) is 0 Å². The van der Waals surface area contributed by atoms with Crippen LogP contribution in [0.15, 0.2) is 42.5 Å². The van der Waals surface area contributed by atoms with Crippen LogP contribution in [-0.2, 0) is 11.2 Å². The van der Waals surface area contributed by atoms with Crippen LogP contribution in [0.5, 0.6) is 0 Å². The molecule has 0 aliphatic carbocycles. The highest BCUT2D eigenvalue weighted by Crippen LogP contribution is 2.18. The highest BCUT2D eigenvalue weighted by atomic mass is 16.4. The van der Waals surface area contributed by atoms with Crippen LogP contribution >= 0.6 is 0 Å². The quantitative estimate of drug-likeness (QED) is 0.877. The van der Waals surface area contributed by atoms with Crippen LogP contribution in [-0.4, -0.2) is 16.1 Å². The first-order valence-corrected chi connectivity index (χ1v) is 5.40. The fourth-order valence-electron chi connectivity index (χ4n) is 1.71. The lowest BCUT2D eigenvalue weighted by Crippen LogP contribution is -2.03. The van der Waals surface area contributed by atoms with Crippen LogP contribution in [0.4, 0.5) is 0 Å². The lowest BCUT2D eigenvalue weighted by Gasteiger charge is -2.06. The first kappa shape index (κ1) is 11.3. The number of nitrogens with zero attached hydrogens (tertiary/aromatic N) is 1. The molecule has 86 valence electrons. The number of hydrogen-bond donors (Lipinski definition) is 1. The summed E-state index contributed by atoms with van der Waals surface area (Å²) in [7, 11) is 0. The second-order valence-electron chi connectivity index (χ2n) is 3.88. The van der Waals surface area contributed by atoms with Gasteiger partial charge in [-0.1, -0.05) is 36.4 Å². The molecule has 0 bridgehead atoms. The molecule has 0 aliphatic heterocycles. The lowest BCUT2D eigenvalue weighted by molar-refractivity contribution is -0.136. The van der Waals surface area contributed by atoms with Gasteiger partial charge in [-0.05, 0) is 18.6 Å². The molecule has 0 fully saturated rings. The summed E-state index contributed by atoms with van der Waals surface area (Å²) in [5, 5.41) is 8.75. The predicted molar refractivity (Wildman–Crippen MR) is 65.7 cm³/mol. The summed E-state index contributed by atoms with van der Waals surface area (Å²) in [6.45, 7) is 1.84. The Hall–Kier alpha value is -2.16. The third-order valence-electron chi connectivity index (χ3n) is 2.61. The van der Waals surface area contributed by atoms with E-state index >= 15 is 0 Å². The molecule has 17 heavy (non-hydrogen) atoms. The van der Waals surface area contributed by atoms with E-state index in [1.54, 1.807) is 0 Å². The van der Waals surface area contributed by atoms with E-state index < -0.39 is 5.97 Å². The van der Waals surface area contributed by atoms with Gasteiger partial charge in [0.05, 0.1) is 12.1 Å². The van der Waals surface area contributed by atoms with Crippen molar-refractivity contribution in [3.8, 4) is 11.3 Å². The Morgan fingerprint density at radius 2 is 1.88 bits per heavy atom. The zero-order chi connectivity index (χ0) is 12.3. The Labute approximate surface area is 99.8 Å². The van der Waals surface area contributed by atoms with Gasteiger partial charge >= 0.3 is 5.97 Å². The first-order chi connectivity index (χ1) is 8.16. The number of rotatable bonds is 3. The Balaban J connectivity index is 2.34. The number of aliphatic carboxylic acids is 1. The van der Waals surface area contributed by atoms with E-state index in [-0.39, 0.29) is 6.42 Å². The maximum absolute atomic E-state index is 10.6. The summed E-state index contributed by atoms with van der Waals surface area (Å²) in [5.74, 6) is -0.831. The van der Waals surface area contributed by atoms with Crippen LogP contribution in [0.25, 0.3) is 11.3 Å². The first-order valence-electron chi connectivity index (χ1n) is 5.40. The molecule has 0 amide bonds. The SMILES string of the molecule is Cc1nc(-c2ccccc2)ccc1CC(=O)O. The minimum absolute atomic E-state index is 0.0217.